The topological polar surface area (TPSA) is 199 Å². The molecule has 0 radical (unpaired) electrons. The molecule has 0 atom stereocenters. The van der Waals surface area contributed by atoms with Gasteiger partial charge in [0.1, 0.15) is 0 Å². The zero-order valence-corrected chi connectivity index (χ0v) is 18.0. The second kappa shape index (κ2) is 23.5. The van der Waals surface area contributed by atoms with Crippen LogP contribution in [0.4, 0.5) is 0 Å². The van der Waals surface area contributed by atoms with E-state index in [0.29, 0.717) is 38.9 Å². The van der Waals surface area contributed by atoms with E-state index in [1.165, 1.54) is 0 Å². The maximum absolute atomic E-state index is 10.4. The number of aliphatic hydroxyl groups is 2. The Labute approximate surface area is 181 Å². The number of aliphatic carboxylic acids is 4. The van der Waals surface area contributed by atoms with Crippen LogP contribution >= 0.6 is 0 Å². The van der Waals surface area contributed by atoms with Gasteiger partial charge in [0.05, 0.1) is 26.4 Å². The summed E-state index contributed by atoms with van der Waals surface area (Å²) < 4.78 is 4.63. The van der Waals surface area contributed by atoms with Crippen molar-refractivity contribution in [3.05, 3.63) is 23.3 Å². The highest BCUT2D eigenvalue weighted by atomic mass is 16.5. The molecule has 11 heteroatoms. The molecule has 0 fully saturated rings. The number of carboxylic acids is 4. The standard InChI is InChI=1S/2C8H12O4.C4H10O3/c2*1-2-3-4-6(8(11)12)5-7(9)10;5-1-3-7-4-2-6/h2*5H,2-4H2,1H3,(H,9,10)(H,11,12);5-6H,1-4H2/b2*6-5-;. The van der Waals surface area contributed by atoms with Gasteiger partial charge in [-0.05, 0) is 25.7 Å². The van der Waals surface area contributed by atoms with Gasteiger partial charge in [-0.2, -0.15) is 0 Å². The van der Waals surface area contributed by atoms with Crippen LogP contribution in [0.3, 0.4) is 0 Å². The van der Waals surface area contributed by atoms with Crippen LogP contribution in [-0.4, -0.2) is 80.9 Å². The fraction of sp³-hybridized carbons (Fsp3) is 0.600. The van der Waals surface area contributed by atoms with E-state index in [2.05, 4.69) is 4.74 Å². The molecule has 0 unspecified atom stereocenters. The smallest absolute Gasteiger partial charge is 0.331 e. The van der Waals surface area contributed by atoms with Crippen LogP contribution in [0.25, 0.3) is 0 Å². The van der Waals surface area contributed by atoms with Crippen LogP contribution in [0, 0.1) is 0 Å². The Kier molecular flexibility index (Phi) is 25.0. The summed E-state index contributed by atoms with van der Waals surface area (Å²) in [6.45, 7) is 4.53. The third kappa shape index (κ3) is 27.2. The first-order valence-electron chi connectivity index (χ1n) is 9.70. The highest BCUT2D eigenvalue weighted by Crippen LogP contribution is 2.07. The van der Waals surface area contributed by atoms with Gasteiger partial charge in [-0.25, -0.2) is 19.2 Å². The van der Waals surface area contributed by atoms with E-state index in [0.717, 1.165) is 25.0 Å². The highest BCUT2D eigenvalue weighted by Gasteiger charge is 2.08. The van der Waals surface area contributed by atoms with Crippen LogP contribution in [0.1, 0.15) is 52.4 Å². The second-order valence-electron chi connectivity index (χ2n) is 5.89. The molecule has 11 nitrogen and oxygen atoms in total. The Morgan fingerprint density at radius 1 is 0.677 bits per heavy atom. The molecule has 0 bridgehead atoms. The lowest BCUT2D eigenvalue weighted by Crippen LogP contribution is -2.03. The van der Waals surface area contributed by atoms with Crippen molar-refractivity contribution in [3.8, 4) is 0 Å². The number of hydrogen-bond acceptors (Lipinski definition) is 7. The van der Waals surface area contributed by atoms with Gasteiger partial charge in [0.15, 0.2) is 0 Å². The van der Waals surface area contributed by atoms with Crippen molar-refractivity contribution in [2.45, 2.75) is 52.4 Å². The summed E-state index contributed by atoms with van der Waals surface area (Å²) in [6.07, 6.45) is 5.23. The number of aliphatic hydroxyl groups excluding tert-OH is 2. The molecule has 0 heterocycles. The predicted molar refractivity (Wildman–Crippen MR) is 111 cm³/mol. The Balaban J connectivity index is -0.000000394. The predicted octanol–water partition coefficient (Wildman–Crippen LogP) is 1.53. The molecule has 0 rings (SSSR count). The molecular formula is C20H34O11. The van der Waals surface area contributed by atoms with Gasteiger partial charge in [0.2, 0.25) is 0 Å². The molecule has 0 aromatic heterocycles. The molecular weight excluding hydrogens is 416 g/mol. The maximum atomic E-state index is 10.4. The number of rotatable bonds is 14. The molecule has 31 heavy (non-hydrogen) atoms. The molecule has 180 valence electrons. The van der Waals surface area contributed by atoms with Crippen molar-refractivity contribution in [1.82, 2.24) is 0 Å². The number of unbranched alkanes of at least 4 members (excludes halogenated alkanes) is 2. The van der Waals surface area contributed by atoms with Crippen LogP contribution < -0.4 is 0 Å². The number of hydrogen-bond donors (Lipinski definition) is 6. The van der Waals surface area contributed by atoms with Gasteiger partial charge >= 0.3 is 23.9 Å². The van der Waals surface area contributed by atoms with Crippen molar-refractivity contribution in [2.24, 2.45) is 0 Å². The molecule has 0 aliphatic rings. The van der Waals surface area contributed by atoms with Gasteiger partial charge in [-0.3, -0.25) is 0 Å². The van der Waals surface area contributed by atoms with Gasteiger partial charge < -0.3 is 35.4 Å². The van der Waals surface area contributed by atoms with E-state index in [1.54, 1.807) is 0 Å². The third-order valence-electron chi connectivity index (χ3n) is 3.22. The Morgan fingerprint density at radius 2 is 1.00 bits per heavy atom. The Hall–Kier alpha value is -2.76. The largest absolute Gasteiger partial charge is 0.478 e. The fourth-order valence-electron chi connectivity index (χ4n) is 1.75. The minimum absolute atomic E-state index is 0.0278. The molecule has 0 aromatic carbocycles. The molecule has 0 saturated carbocycles. The quantitative estimate of drug-likeness (QED) is 0.166. The average molecular weight is 450 g/mol. The Morgan fingerprint density at radius 3 is 1.19 bits per heavy atom. The zero-order valence-electron chi connectivity index (χ0n) is 18.0. The summed E-state index contributed by atoms with van der Waals surface area (Å²) in [7, 11) is 0. The van der Waals surface area contributed by atoms with E-state index in [-0.39, 0.29) is 24.4 Å². The maximum Gasteiger partial charge on any atom is 0.331 e. The molecule has 0 amide bonds. The number of carboxylic acid groups (broad SMARTS) is 4. The third-order valence-corrected chi connectivity index (χ3v) is 3.22. The van der Waals surface area contributed by atoms with Crippen molar-refractivity contribution in [1.29, 1.82) is 0 Å². The first-order chi connectivity index (χ1) is 14.6. The molecule has 0 aliphatic carbocycles. The first-order valence-corrected chi connectivity index (χ1v) is 9.70. The summed E-state index contributed by atoms with van der Waals surface area (Å²) in [5.74, 6) is -4.70. The van der Waals surface area contributed by atoms with Crippen molar-refractivity contribution in [2.75, 3.05) is 26.4 Å². The van der Waals surface area contributed by atoms with Gasteiger partial charge in [-0.1, -0.05) is 26.7 Å². The monoisotopic (exact) mass is 450 g/mol. The van der Waals surface area contributed by atoms with E-state index in [9.17, 15) is 19.2 Å². The van der Waals surface area contributed by atoms with Crippen LogP contribution in [0.15, 0.2) is 23.3 Å². The summed E-state index contributed by atoms with van der Waals surface area (Å²) in [5.41, 5.74) is -0.0753. The summed E-state index contributed by atoms with van der Waals surface area (Å²) in [6, 6.07) is 0. The first kappa shape index (κ1) is 32.9. The molecule has 6 N–H and O–H groups in total. The number of carbonyl (C=O) groups is 4. The minimum atomic E-state index is -1.21. The second-order valence-corrected chi connectivity index (χ2v) is 5.89. The molecule has 0 spiro atoms. The van der Waals surface area contributed by atoms with Gasteiger partial charge in [0, 0.05) is 23.3 Å². The SMILES string of the molecule is CCCC/C(=C/C(=O)O)C(=O)O.CCCC/C(=C/C(=O)O)C(=O)O.OCCOCCO. The Bertz CT molecular complexity index is 530. The summed E-state index contributed by atoms with van der Waals surface area (Å²) >= 11 is 0. The lowest BCUT2D eigenvalue weighted by molar-refractivity contribution is -0.135. The van der Waals surface area contributed by atoms with Crippen molar-refractivity contribution < 1.29 is 54.6 Å². The van der Waals surface area contributed by atoms with Gasteiger partial charge in [0.25, 0.3) is 0 Å². The van der Waals surface area contributed by atoms with Crippen LogP contribution in [0.5, 0.6) is 0 Å². The minimum Gasteiger partial charge on any atom is -0.478 e. The van der Waals surface area contributed by atoms with Crippen molar-refractivity contribution in [3.63, 3.8) is 0 Å². The fourth-order valence-corrected chi connectivity index (χ4v) is 1.75. The van der Waals surface area contributed by atoms with E-state index in [1.807, 2.05) is 13.8 Å². The lowest BCUT2D eigenvalue weighted by atomic mass is 10.1. The molecule has 0 saturated heterocycles. The van der Waals surface area contributed by atoms with E-state index in [4.69, 9.17) is 30.6 Å². The normalized spacial score (nSPS) is 10.8. The lowest BCUT2D eigenvalue weighted by Gasteiger charge is -1.97. The summed E-state index contributed by atoms with van der Waals surface area (Å²) in [4.78, 5) is 41.1. The molecule has 0 aliphatic heterocycles. The van der Waals surface area contributed by atoms with E-state index >= 15 is 0 Å². The summed E-state index contributed by atoms with van der Waals surface area (Å²) in [5, 5.41) is 49.8. The zero-order chi connectivity index (χ0) is 24.7. The number of ether oxygens (including phenoxy) is 1. The molecule has 0 aromatic rings. The van der Waals surface area contributed by atoms with Crippen molar-refractivity contribution >= 4 is 23.9 Å². The van der Waals surface area contributed by atoms with E-state index < -0.39 is 23.9 Å². The average Bonchev–Trinajstić information content (AvgIpc) is 2.69. The van der Waals surface area contributed by atoms with Crippen LogP contribution in [-0.2, 0) is 23.9 Å². The van der Waals surface area contributed by atoms with Crippen LogP contribution in [0.2, 0.25) is 0 Å². The highest BCUT2D eigenvalue weighted by molar-refractivity contribution is 5.95. The van der Waals surface area contributed by atoms with Gasteiger partial charge in [-0.15, -0.1) is 0 Å².